The van der Waals surface area contributed by atoms with Crippen LogP contribution in [0.4, 0.5) is 0 Å². The second kappa shape index (κ2) is 7.79. The van der Waals surface area contributed by atoms with Crippen LogP contribution in [0, 0.1) is 0 Å². The van der Waals surface area contributed by atoms with Crippen molar-refractivity contribution in [3.63, 3.8) is 0 Å². The minimum Gasteiger partial charge on any atom is -0.457 e. The average molecular weight is 282 g/mol. The van der Waals surface area contributed by atoms with Crippen LogP contribution in [-0.4, -0.2) is 31.1 Å². The molecule has 0 atom stereocenters. The molecule has 2 aliphatic rings. The fraction of sp³-hybridized carbons (Fsp3) is 0.812. The largest absolute Gasteiger partial charge is 0.457 e. The number of carbonyl (C=O) groups excluding carboxylic acids is 1. The summed E-state index contributed by atoms with van der Waals surface area (Å²) in [5, 5.41) is 0. The second-order valence-electron chi connectivity index (χ2n) is 5.89. The fourth-order valence-electron chi connectivity index (χ4n) is 2.86. The van der Waals surface area contributed by atoms with Gasteiger partial charge in [-0.15, -0.1) is 0 Å². The first-order valence-electron chi connectivity index (χ1n) is 7.78. The molecule has 0 bridgehead atoms. The standard InChI is InChI=1S/C16H26O4/c1-12(2)16(17)18-11-15(19-13-7-3-4-8-13)20-14-9-5-6-10-14/h13-15H,1,3-11H2,2H3. The third-order valence-electron chi connectivity index (χ3n) is 3.99. The van der Waals surface area contributed by atoms with Crippen molar-refractivity contribution in [2.45, 2.75) is 76.8 Å². The monoisotopic (exact) mass is 282 g/mol. The lowest BCUT2D eigenvalue weighted by molar-refractivity contribution is -0.214. The normalized spacial score (nSPS) is 20.7. The summed E-state index contributed by atoms with van der Waals surface area (Å²) < 4.78 is 17.1. The highest BCUT2D eigenvalue weighted by atomic mass is 16.7. The molecule has 2 fully saturated rings. The molecule has 0 aromatic rings. The van der Waals surface area contributed by atoms with Crippen molar-refractivity contribution in [2.24, 2.45) is 0 Å². The first-order chi connectivity index (χ1) is 9.65. The van der Waals surface area contributed by atoms with Crippen LogP contribution in [0.1, 0.15) is 58.3 Å². The molecule has 0 heterocycles. The molecule has 20 heavy (non-hydrogen) atoms. The van der Waals surface area contributed by atoms with E-state index in [1.165, 1.54) is 25.7 Å². The van der Waals surface area contributed by atoms with Crippen LogP contribution < -0.4 is 0 Å². The van der Waals surface area contributed by atoms with Crippen LogP contribution >= 0.6 is 0 Å². The number of hydrogen-bond acceptors (Lipinski definition) is 4. The maximum Gasteiger partial charge on any atom is 0.333 e. The summed E-state index contributed by atoms with van der Waals surface area (Å²) >= 11 is 0. The van der Waals surface area contributed by atoms with Crippen molar-refractivity contribution in [1.29, 1.82) is 0 Å². The Kier molecular flexibility index (Phi) is 6.05. The van der Waals surface area contributed by atoms with Crippen LogP contribution in [0.15, 0.2) is 12.2 Å². The smallest absolute Gasteiger partial charge is 0.333 e. The Hall–Kier alpha value is -0.870. The summed E-state index contributed by atoms with van der Waals surface area (Å²) in [6, 6.07) is 0. The van der Waals surface area contributed by atoms with E-state index in [1.807, 2.05) is 0 Å². The Morgan fingerprint density at radius 1 is 1.05 bits per heavy atom. The second-order valence-corrected chi connectivity index (χ2v) is 5.89. The van der Waals surface area contributed by atoms with Crippen molar-refractivity contribution >= 4 is 5.97 Å². The summed E-state index contributed by atoms with van der Waals surface area (Å²) in [5.41, 5.74) is 0.408. The SMILES string of the molecule is C=C(C)C(=O)OCC(OC1CCCC1)OC1CCCC1. The zero-order valence-electron chi connectivity index (χ0n) is 12.4. The zero-order chi connectivity index (χ0) is 14.4. The Labute approximate surface area is 121 Å². The Bertz CT molecular complexity index is 309. The minimum absolute atomic E-state index is 0.165. The summed E-state index contributed by atoms with van der Waals surface area (Å²) in [5.74, 6) is -0.375. The lowest BCUT2D eigenvalue weighted by Crippen LogP contribution is -2.32. The van der Waals surface area contributed by atoms with Gasteiger partial charge in [-0.1, -0.05) is 32.3 Å². The van der Waals surface area contributed by atoms with E-state index in [9.17, 15) is 4.79 Å². The van der Waals surface area contributed by atoms with Crippen LogP contribution in [0.2, 0.25) is 0 Å². The fourth-order valence-corrected chi connectivity index (χ4v) is 2.86. The van der Waals surface area contributed by atoms with E-state index in [4.69, 9.17) is 14.2 Å². The van der Waals surface area contributed by atoms with Crippen LogP contribution in [0.3, 0.4) is 0 Å². The third-order valence-corrected chi connectivity index (χ3v) is 3.99. The van der Waals surface area contributed by atoms with Gasteiger partial charge in [-0.05, 0) is 32.6 Å². The molecule has 0 amide bonds. The summed E-state index contributed by atoms with van der Waals surface area (Å²) in [6.07, 6.45) is 9.27. The van der Waals surface area contributed by atoms with Gasteiger partial charge in [-0.2, -0.15) is 0 Å². The number of ether oxygens (including phenoxy) is 3. The molecule has 4 heteroatoms. The van der Waals surface area contributed by atoms with Gasteiger partial charge in [-0.25, -0.2) is 4.79 Å². The number of hydrogen-bond donors (Lipinski definition) is 0. The topological polar surface area (TPSA) is 44.8 Å². The van der Waals surface area contributed by atoms with Gasteiger partial charge in [0.25, 0.3) is 0 Å². The molecular weight excluding hydrogens is 256 g/mol. The maximum atomic E-state index is 11.5. The highest BCUT2D eigenvalue weighted by molar-refractivity contribution is 5.86. The van der Waals surface area contributed by atoms with Crippen LogP contribution in [0.25, 0.3) is 0 Å². The van der Waals surface area contributed by atoms with Gasteiger partial charge in [0.2, 0.25) is 0 Å². The van der Waals surface area contributed by atoms with Gasteiger partial charge < -0.3 is 14.2 Å². The molecule has 0 N–H and O–H groups in total. The van der Waals surface area contributed by atoms with E-state index < -0.39 is 6.29 Å². The van der Waals surface area contributed by atoms with Gasteiger partial charge in [0.05, 0.1) is 12.2 Å². The zero-order valence-corrected chi connectivity index (χ0v) is 12.4. The highest BCUT2D eigenvalue weighted by Crippen LogP contribution is 2.26. The molecule has 0 aliphatic heterocycles. The predicted octanol–water partition coefficient (Wildman–Crippen LogP) is 3.35. The molecule has 0 aromatic carbocycles. The Morgan fingerprint density at radius 3 is 1.90 bits per heavy atom. The van der Waals surface area contributed by atoms with E-state index in [0.717, 1.165) is 25.7 Å². The van der Waals surface area contributed by atoms with E-state index in [0.29, 0.717) is 5.57 Å². The molecule has 0 radical (unpaired) electrons. The van der Waals surface area contributed by atoms with Crippen molar-refractivity contribution in [1.82, 2.24) is 0 Å². The van der Waals surface area contributed by atoms with Gasteiger partial charge in [0.15, 0.2) is 6.29 Å². The Balaban J connectivity index is 1.81. The van der Waals surface area contributed by atoms with Crippen molar-refractivity contribution in [3.05, 3.63) is 12.2 Å². The molecule has 2 saturated carbocycles. The summed E-state index contributed by atoms with van der Waals surface area (Å²) in [6.45, 7) is 5.39. The molecule has 0 saturated heterocycles. The summed E-state index contributed by atoms with van der Waals surface area (Å²) in [4.78, 5) is 11.5. The molecular formula is C16H26O4. The number of rotatable bonds is 7. The van der Waals surface area contributed by atoms with Crippen LogP contribution in [0.5, 0.6) is 0 Å². The molecule has 0 spiro atoms. The molecule has 0 unspecified atom stereocenters. The molecule has 0 aromatic heterocycles. The van der Waals surface area contributed by atoms with E-state index >= 15 is 0 Å². The number of carbonyl (C=O) groups is 1. The van der Waals surface area contributed by atoms with Crippen LogP contribution in [-0.2, 0) is 19.0 Å². The first kappa shape index (κ1) is 15.5. The first-order valence-corrected chi connectivity index (χ1v) is 7.78. The number of esters is 1. The minimum atomic E-state index is -0.426. The summed E-state index contributed by atoms with van der Waals surface area (Å²) in [7, 11) is 0. The van der Waals surface area contributed by atoms with Gasteiger partial charge >= 0.3 is 5.97 Å². The van der Waals surface area contributed by atoms with Crippen molar-refractivity contribution in [2.75, 3.05) is 6.61 Å². The lowest BCUT2D eigenvalue weighted by atomic mass is 10.3. The molecule has 4 nitrogen and oxygen atoms in total. The third kappa shape index (κ3) is 4.91. The molecule has 114 valence electrons. The Morgan fingerprint density at radius 2 is 1.50 bits per heavy atom. The van der Waals surface area contributed by atoms with E-state index in [1.54, 1.807) is 6.92 Å². The average Bonchev–Trinajstić information content (AvgIpc) is 3.08. The van der Waals surface area contributed by atoms with E-state index in [-0.39, 0.29) is 24.8 Å². The van der Waals surface area contributed by atoms with Crippen molar-refractivity contribution in [3.8, 4) is 0 Å². The van der Waals surface area contributed by atoms with Gasteiger partial charge in [0.1, 0.15) is 6.61 Å². The van der Waals surface area contributed by atoms with Gasteiger partial charge in [0, 0.05) is 5.57 Å². The predicted molar refractivity (Wildman–Crippen MR) is 76.2 cm³/mol. The quantitative estimate of drug-likeness (QED) is 0.408. The highest BCUT2D eigenvalue weighted by Gasteiger charge is 2.26. The van der Waals surface area contributed by atoms with Gasteiger partial charge in [-0.3, -0.25) is 0 Å². The van der Waals surface area contributed by atoms with E-state index in [2.05, 4.69) is 6.58 Å². The van der Waals surface area contributed by atoms with Crippen molar-refractivity contribution < 1.29 is 19.0 Å². The molecule has 2 aliphatic carbocycles. The lowest BCUT2D eigenvalue weighted by Gasteiger charge is -2.25. The molecule has 2 rings (SSSR count). The maximum absolute atomic E-state index is 11.5.